The van der Waals surface area contributed by atoms with E-state index >= 15 is 0 Å². The van der Waals surface area contributed by atoms with Gasteiger partial charge in [0, 0.05) is 6.08 Å². The van der Waals surface area contributed by atoms with E-state index in [-0.39, 0.29) is 17.5 Å². The van der Waals surface area contributed by atoms with Gasteiger partial charge in [0.05, 0.1) is 10.2 Å². The molecule has 0 saturated carbocycles. The van der Waals surface area contributed by atoms with Gasteiger partial charge in [-0.2, -0.15) is 0 Å². The second kappa shape index (κ2) is 6.03. The number of fused-ring (bicyclic) bond motifs is 1. The lowest BCUT2D eigenvalue weighted by Crippen LogP contribution is -2.07. The van der Waals surface area contributed by atoms with E-state index in [0.29, 0.717) is 20.9 Å². The molecule has 2 aromatic carbocycles. The van der Waals surface area contributed by atoms with E-state index in [0.717, 1.165) is 0 Å². The molecule has 0 aliphatic rings. The van der Waals surface area contributed by atoms with Crippen molar-refractivity contribution in [1.29, 1.82) is 0 Å². The molecule has 0 bridgehead atoms. The number of amides is 1. The summed E-state index contributed by atoms with van der Waals surface area (Å²) in [6.45, 7) is 0. The summed E-state index contributed by atoms with van der Waals surface area (Å²) in [7, 11) is 0. The van der Waals surface area contributed by atoms with E-state index in [1.165, 1.54) is 47.8 Å². The number of carbonyl (C=O) groups is 1. The van der Waals surface area contributed by atoms with Crippen molar-refractivity contribution in [3.05, 3.63) is 65.7 Å². The number of thiazole rings is 1. The molecular formula is C16H10F2N2OS. The minimum atomic E-state index is -0.385. The predicted molar refractivity (Wildman–Crippen MR) is 83.6 cm³/mol. The number of nitrogens with zero attached hydrogens (tertiary/aromatic N) is 1. The molecule has 0 fully saturated rings. The summed E-state index contributed by atoms with van der Waals surface area (Å²) in [5.74, 6) is -1.10. The number of aromatic nitrogens is 1. The van der Waals surface area contributed by atoms with Crippen LogP contribution in [-0.4, -0.2) is 10.9 Å². The summed E-state index contributed by atoms with van der Waals surface area (Å²) < 4.78 is 26.8. The highest BCUT2D eigenvalue weighted by atomic mass is 32.1. The lowest BCUT2D eigenvalue weighted by atomic mass is 10.2. The van der Waals surface area contributed by atoms with Crippen LogP contribution < -0.4 is 5.32 Å². The first-order valence-electron chi connectivity index (χ1n) is 6.41. The molecule has 3 nitrogen and oxygen atoms in total. The van der Waals surface area contributed by atoms with E-state index in [2.05, 4.69) is 10.3 Å². The molecule has 22 heavy (non-hydrogen) atoms. The molecule has 0 unspecified atom stereocenters. The van der Waals surface area contributed by atoms with Crippen LogP contribution in [0.4, 0.5) is 13.9 Å². The Labute approximate surface area is 128 Å². The fraction of sp³-hybridized carbons (Fsp3) is 0. The predicted octanol–water partition coefficient (Wildman–Crippen LogP) is 4.23. The number of halogens is 2. The molecule has 3 rings (SSSR count). The highest BCUT2D eigenvalue weighted by molar-refractivity contribution is 7.22. The smallest absolute Gasteiger partial charge is 0.250 e. The summed E-state index contributed by atoms with van der Waals surface area (Å²) in [5, 5.41) is 2.98. The molecule has 0 saturated heterocycles. The second-order valence-corrected chi connectivity index (χ2v) is 5.54. The highest BCUT2D eigenvalue weighted by Crippen LogP contribution is 2.26. The summed E-state index contributed by atoms with van der Waals surface area (Å²) in [6.07, 6.45) is 2.80. The van der Waals surface area contributed by atoms with Gasteiger partial charge in [-0.3, -0.25) is 10.1 Å². The molecule has 1 N–H and O–H groups in total. The molecule has 1 heterocycles. The van der Waals surface area contributed by atoms with Crippen LogP contribution >= 0.6 is 11.3 Å². The number of nitrogens with one attached hydrogen (secondary N) is 1. The van der Waals surface area contributed by atoms with Crippen molar-refractivity contribution < 1.29 is 13.6 Å². The normalized spacial score (nSPS) is 11.2. The lowest BCUT2D eigenvalue weighted by molar-refractivity contribution is -0.111. The van der Waals surface area contributed by atoms with Crippen molar-refractivity contribution in [2.45, 2.75) is 0 Å². The molecule has 0 atom stereocenters. The van der Waals surface area contributed by atoms with Crippen LogP contribution in [-0.2, 0) is 4.79 Å². The van der Waals surface area contributed by atoms with Gasteiger partial charge < -0.3 is 0 Å². The van der Waals surface area contributed by atoms with E-state index in [9.17, 15) is 13.6 Å². The minimum absolute atomic E-state index is 0.347. The van der Waals surface area contributed by atoms with Gasteiger partial charge in [-0.05, 0) is 42.0 Å². The Morgan fingerprint density at radius 3 is 2.77 bits per heavy atom. The van der Waals surface area contributed by atoms with Gasteiger partial charge >= 0.3 is 0 Å². The zero-order valence-electron chi connectivity index (χ0n) is 11.2. The Morgan fingerprint density at radius 1 is 1.14 bits per heavy atom. The van der Waals surface area contributed by atoms with Gasteiger partial charge in [0.25, 0.3) is 0 Å². The van der Waals surface area contributed by atoms with Crippen LogP contribution in [0.25, 0.3) is 16.3 Å². The number of anilines is 1. The van der Waals surface area contributed by atoms with Crippen LogP contribution in [0.3, 0.4) is 0 Å². The first kappa shape index (κ1) is 14.3. The van der Waals surface area contributed by atoms with Gasteiger partial charge in [-0.25, -0.2) is 13.8 Å². The SMILES string of the molecule is O=C(/C=C/c1cccc(F)c1)Nc1nc2ccc(F)cc2s1. The Hall–Kier alpha value is -2.60. The maximum atomic E-state index is 13.1. The van der Waals surface area contributed by atoms with Gasteiger partial charge in [0.15, 0.2) is 5.13 Å². The van der Waals surface area contributed by atoms with E-state index in [4.69, 9.17) is 0 Å². The number of hydrogen-bond donors (Lipinski definition) is 1. The van der Waals surface area contributed by atoms with Crippen LogP contribution in [0.1, 0.15) is 5.56 Å². The van der Waals surface area contributed by atoms with Gasteiger partial charge in [0.2, 0.25) is 5.91 Å². The largest absolute Gasteiger partial charge is 0.298 e. The number of hydrogen-bond acceptors (Lipinski definition) is 3. The molecule has 0 spiro atoms. The molecule has 110 valence electrons. The minimum Gasteiger partial charge on any atom is -0.298 e. The molecule has 0 aliphatic heterocycles. The Balaban J connectivity index is 1.72. The first-order valence-corrected chi connectivity index (χ1v) is 7.22. The quantitative estimate of drug-likeness (QED) is 0.735. The molecule has 0 radical (unpaired) electrons. The van der Waals surface area contributed by atoms with Crippen molar-refractivity contribution in [2.75, 3.05) is 5.32 Å². The summed E-state index contributed by atoms with van der Waals surface area (Å²) in [6, 6.07) is 10.1. The third kappa shape index (κ3) is 3.35. The zero-order valence-corrected chi connectivity index (χ0v) is 12.0. The lowest BCUT2D eigenvalue weighted by Gasteiger charge is -1.96. The standard InChI is InChI=1S/C16H10F2N2OS/c17-11-3-1-2-10(8-11)4-7-15(21)20-16-19-13-6-5-12(18)9-14(13)22-16/h1-9H,(H,19,20,21)/b7-4+. The van der Waals surface area contributed by atoms with Crippen LogP contribution in [0, 0.1) is 11.6 Å². The summed E-state index contributed by atoms with van der Waals surface area (Å²) >= 11 is 1.19. The van der Waals surface area contributed by atoms with Crippen molar-refractivity contribution in [2.24, 2.45) is 0 Å². The molecule has 1 aromatic heterocycles. The Bertz CT molecular complexity index is 873. The number of rotatable bonds is 3. The third-order valence-electron chi connectivity index (χ3n) is 2.86. The topological polar surface area (TPSA) is 42.0 Å². The molecule has 3 aromatic rings. The first-order chi connectivity index (χ1) is 10.6. The van der Waals surface area contributed by atoms with Gasteiger partial charge in [0.1, 0.15) is 11.6 Å². The van der Waals surface area contributed by atoms with Crippen molar-refractivity contribution >= 4 is 38.7 Å². The van der Waals surface area contributed by atoms with E-state index < -0.39 is 0 Å². The molecule has 0 aliphatic carbocycles. The van der Waals surface area contributed by atoms with Crippen molar-refractivity contribution in [3.8, 4) is 0 Å². The molecular weight excluding hydrogens is 306 g/mol. The fourth-order valence-electron chi connectivity index (χ4n) is 1.88. The average molecular weight is 316 g/mol. The van der Waals surface area contributed by atoms with Gasteiger partial charge in [-0.1, -0.05) is 23.5 Å². The molecule has 1 amide bonds. The van der Waals surface area contributed by atoms with Crippen molar-refractivity contribution in [3.63, 3.8) is 0 Å². The average Bonchev–Trinajstić information content (AvgIpc) is 2.86. The zero-order chi connectivity index (χ0) is 15.5. The van der Waals surface area contributed by atoms with Crippen LogP contribution in [0.5, 0.6) is 0 Å². The van der Waals surface area contributed by atoms with E-state index in [1.54, 1.807) is 18.2 Å². The third-order valence-corrected chi connectivity index (χ3v) is 3.79. The van der Waals surface area contributed by atoms with Gasteiger partial charge in [-0.15, -0.1) is 0 Å². The Morgan fingerprint density at radius 2 is 1.95 bits per heavy atom. The summed E-state index contributed by atoms with van der Waals surface area (Å²) in [4.78, 5) is 16.0. The fourth-order valence-corrected chi connectivity index (χ4v) is 2.77. The second-order valence-electron chi connectivity index (χ2n) is 4.51. The van der Waals surface area contributed by atoms with Crippen molar-refractivity contribution in [1.82, 2.24) is 4.98 Å². The van der Waals surface area contributed by atoms with Crippen LogP contribution in [0.15, 0.2) is 48.5 Å². The maximum absolute atomic E-state index is 13.1. The monoisotopic (exact) mass is 316 g/mol. The number of carbonyl (C=O) groups excluding carboxylic acids is 1. The number of benzene rings is 2. The Kier molecular flexibility index (Phi) is 3.93. The summed E-state index contributed by atoms with van der Waals surface area (Å²) in [5.41, 5.74) is 1.21. The molecule has 6 heteroatoms. The maximum Gasteiger partial charge on any atom is 0.250 e. The highest BCUT2D eigenvalue weighted by Gasteiger charge is 2.06. The van der Waals surface area contributed by atoms with E-state index in [1.807, 2.05) is 0 Å². The van der Waals surface area contributed by atoms with Crippen LogP contribution in [0.2, 0.25) is 0 Å².